The van der Waals surface area contributed by atoms with Gasteiger partial charge in [0.25, 0.3) is 0 Å². The minimum absolute atomic E-state index is 0.307. The first-order chi connectivity index (χ1) is 9.56. The third-order valence-corrected chi connectivity index (χ3v) is 3.92. The summed E-state index contributed by atoms with van der Waals surface area (Å²) in [5, 5.41) is 8.78. The first kappa shape index (κ1) is 14.6. The van der Waals surface area contributed by atoms with Crippen LogP contribution in [-0.4, -0.2) is 21.8 Å². The van der Waals surface area contributed by atoms with Crippen LogP contribution >= 0.6 is 11.8 Å². The number of carboxylic acid groups (broad SMARTS) is 1. The van der Waals surface area contributed by atoms with E-state index in [1.165, 1.54) is 30.2 Å². The number of aliphatic carboxylic acids is 1. The molecule has 0 saturated carbocycles. The molecule has 20 heavy (non-hydrogen) atoms. The number of nitrogens with zero attached hydrogens (tertiary/aromatic N) is 1. The highest BCUT2D eigenvalue weighted by Crippen LogP contribution is 2.21. The van der Waals surface area contributed by atoms with Gasteiger partial charge in [-0.25, -0.2) is 9.37 Å². The van der Waals surface area contributed by atoms with Gasteiger partial charge in [0.1, 0.15) is 12.1 Å². The molecule has 1 unspecified atom stereocenters. The number of thioether (sulfide) groups is 1. The van der Waals surface area contributed by atoms with Crippen LogP contribution < -0.4 is 0 Å². The van der Waals surface area contributed by atoms with Gasteiger partial charge in [-0.3, -0.25) is 4.79 Å². The van der Waals surface area contributed by atoms with Gasteiger partial charge >= 0.3 is 5.97 Å². The number of hydrogen-bond acceptors (Lipinski definition) is 4. The van der Waals surface area contributed by atoms with Gasteiger partial charge in [0.15, 0.2) is 0 Å². The number of rotatable bonds is 6. The van der Waals surface area contributed by atoms with Crippen LogP contribution in [0.1, 0.15) is 12.6 Å². The maximum Gasteiger partial charge on any atom is 0.307 e. The lowest BCUT2D eigenvalue weighted by Crippen LogP contribution is -2.11. The molecule has 0 radical (unpaired) electrons. The monoisotopic (exact) mass is 295 g/mol. The molecule has 0 amide bonds. The second kappa shape index (κ2) is 6.56. The summed E-state index contributed by atoms with van der Waals surface area (Å²) in [5.74, 6) is 0.0508. The summed E-state index contributed by atoms with van der Waals surface area (Å²) < 4.78 is 18.1. The van der Waals surface area contributed by atoms with Crippen molar-refractivity contribution < 1.29 is 18.7 Å². The fourth-order valence-electron chi connectivity index (χ4n) is 1.51. The van der Waals surface area contributed by atoms with E-state index in [4.69, 9.17) is 9.52 Å². The summed E-state index contributed by atoms with van der Waals surface area (Å²) in [6, 6.07) is 5.90. The maximum atomic E-state index is 12.8. The van der Waals surface area contributed by atoms with E-state index >= 15 is 0 Å². The molecule has 0 aliphatic heterocycles. The van der Waals surface area contributed by atoms with Crippen LogP contribution in [0.2, 0.25) is 0 Å². The van der Waals surface area contributed by atoms with Crippen molar-refractivity contribution in [2.24, 2.45) is 5.92 Å². The molecule has 0 spiro atoms. The third kappa shape index (κ3) is 3.84. The van der Waals surface area contributed by atoms with Crippen LogP contribution in [-0.2, 0) is 10.5 Å². The van der Waals surface area contributed by atoms with Crippen molar-refractivity contribution in [1.29, 1.82) is 0 Å². The van der Waals surface area contributed by atoms with Gasteiger partial charge < -0.3 is 9.52 Å². The lowest BCUT2D eigenvalue weighted by Gasteiger charge is -2.03. The average Bonchev–Trinajstić information content (AvgIpc) is 2.88. The fourth-order valence-corrected chi connectivity index (χ4v) is 2.47. The molecule has 1 aromatic heterocycles. The van der Waals surface area contributed by atoms with E-state index in [1.54, 1.807) is 19.1 Å². The van der Waals surface area contributed by atoms with Crippen molar-refractivity contribution in [2.45, 2.75) is 12.7 Å². The predicted octanol–water partition coefficient (Wildman–Crippen LogP) is 3.43. The molecule has 2 aromatic rings. The summed E-state index contributed by atoms with van der Waals surface area (Å²) in [6.07, 6.45) is 1.54. The highest BCUT2D eigenvalue weighted by Gasteiger charge is 2.12. The molecule has 0 fully saturated rings. The van der Waals surface area contributed by atoms with E-state index in [-0.39, 0.29) is 11.7 Å². The second-order valence-corrected chi connectivity index (χ2v) is 5.44. The molecule has 0 aliphatic carbocycles. The first-order valence-electron chi connectivity index (χ1n) is 6.07. The van der Waals surface area contributed by atoms with Crippen LogP contribution in [0.3, 0.4) is 0 Å². The Bertz CT molecular complexity index is 582. The van der Waals surface area contributed by atoms with Crippen LogP contribution in [0.15, 0.2) is 34.9 Å². The SMILES string of the molecule is CC(CSCc1coc(-c2ccc(F)cc2)n1)C(=O)O. The molecule has 0 bridgehead atoms. The molecule has 0 aliphatic rings. The number of oxazole rings is 1. The summed E-state index contributed by atoms with van der Waals surface area (Å²) in [6.45, 7) is 1.67. The minimum atomic E-state index is -0.801. The number of carbonyl (C=O) groups is 1. The molecule has 6 heteroatoms. The standard InChI is InChI=1S/C14H14FNO3S/c1-9(14(17)18)7-20-8-12-6-19-13(16-12)10-2-4-11(15)5-3-10/h2-6,9H,7-8H2,1H3,(H,17,18). The highest BCUT2D eigenvalue weighted by molar-refractivity contribution is 7.98. The predicted molar refractivity (Wildman–Crippen MR) is 74.9 cm³/mol. The Morgan fingerprint density at radius 2 is 2.15 bits per heavy atom. The Balaban J connectivity index is 1.92. The topological polar surface area (TPSA) is 63.3 Å². The van der Waals surface area contributed by atoms with E-state index in [9.17, 15) is 9.18 Å². The molecule has 1 N–H and O–H groups in total. The molecule has 4 nitrogen and oxygen atoms in total. The largest absolute Gasteiger partial charge is 0.481 e. The fraction of sp³-hybridized carbons (Fsp3) is 0.286. The van der Waals surface area contributed by atoms with Crippen molar-refractivity contribution in [3.63, 3.8) is 0 Å². The van der Waals surface area contributed by atoms with Crippen LogP contribution in [0.25, 0.3) is 11.5 Å². The number of halogens is 1. The zero-order chi connectivity index (χ0) is 14.5. The molecule has 2 rings (SSSR count). The average molecular weight is 295 g/mol. The molecular formula is C14H14FNO3S. The first-order valence-corrected chi connectivity index (χ1v) is 7.22. The number of benzene rings is 1. The van der Waals surface area contributed by atoms with Crippen molar-refractivity contribution in [2.75, 3.05) is 5.75 Å². The second-order valence-electron chi connectivity index (χ2n) is 4.41. The van der Waals surface area contributed by atoms with Gasteiger partial charge in [0, 0.05) is 17.1 Å². The molecule has 1 aromatic carbocycles. The number of aromatic nitrogens is 1. The van der Waals surface area contributed by atoms with E-state index in [0.29, 0.717) is 23.0 Å². The van der Waals surface area contributed by atoms with Crippen molar-refractivity contribution in [3.8, 4) is 11.5 Å². The Morgan fingerprint density at radius 3 is 2.80 bits per heavy atom. The van der Waals surface area contributed by atoms with Crippen molar-refractivity contribution in [1.82, 2.24) is 4.98 Å². The summed E-state index contributed by atoms with van der Waals surface area (Å²) in [7, 11) is 0. The van der Waals surface area contributed by atoms with Crippen LogP contribution in [0, 0.1) is 11.7 Å². The van der Waals surface area contributed by atoms with Crippen molar-refractivity contribution >= 4 is 17.7 Å². The van der Waals surface area contributed by atoms with Gasteiger partial charge in [-0.2, -0.15) is 11.8 Å². The van der Waals surface area contributed by atoms with E-state index in [2.05, 4.69) is 4.98 Å². The molecule has 0 saturated heterocycles. The highest BCUT2D eigenvalue weighted by atomic mass is 32.2. The van der Waals surface area contributed by atoms with E-state index < -0.39 is 5.97 Å². The number of carboxylic acids is 1. The lowest BCUT2D eigenvalue weighted by atomic mass is 10.2. The van der Waals surface area contributed by atoms with Gasteiger partial charge in [-0.1, -0.05) is 6.92 Å². The lowest BCUT2D eigenvalue weighted by molar-refractivity contribution is -0.140. The van der Waals surface area contributed by atoms with Crippen molar-refractivity contribution in [3.05, 3.63) is 42.0 Å². The zero-order valence-corrected chi connectivity index (χ0v) is 11.7. The van der Waals surface area contributed by atoms with Gasteiger partial charge in [-0.05, 0) is 24.3 Å². The Hall–Kier alpha value is -1.82. The minimum Gasteiger partial charge on any atom is -0.481 e. The smallest absolute Gasteiger partial charge is 0.307 e. The molecule has 106 valence electrons. The van der Waals surface area contributed by atoms with Gasteiger partial charge in [-0.15, -0.1) is 0 Å². The Morgan fingerprint density at radius 1 is 1.45 bits per heavy atom. The third-order valence-electron chi connectivity index (χ3n) is 2.68. The summed E-state index contributed by atoms with van der Waals surface area (Å²) >= 11 is 1.49. The van der Waals surface area contributed by atoms with Gasteiger partial charge in [0.05, 0.1) is 11.6 Å². The number of hydrogen-bond donors (Lipinski definition) is 1. The maximum absolute atomic E-state index is 12.8. The molecule has 1 atom stereocenters. The van der Waals surface area contributed by atoms with E-state index in [1.807, 2.05) is 0 Å². The summed E-state index contributed by atoms with van der Waals surface area (Å²) in [5.41, 5.74) is 1.45. The Kier molecular flexibility index (Phi) is 4.79. The van der Waals surface area contributed by atoms with E-state index in [0.717, 1.165) is 5.69 Å². The molecular weight excluding hydrogens is 281 g/mol. The van der Waals surface area contributed by atoms with Gasteiger partial charge in [0.2, 0.25) is 5.89 Å². The zero-order valence-electron chi connectivity index (χ0n) is 10.9. The summed E-state index contributed by atoms with van der Waals surface area (Å²) in [4.78, 5) is 15.0. The normalized spacial score (nSPS) is 12.3. The van der Waals surface area contributed by atoms with Crippen LogP contribution in [0.4, 0.5) is 4.39 Å². The Labute approximate surface area is 120 Å². The van der Waals surface area contributed by atoms with Crippen LogP contribution in [0.5, 0.6) is 0 Å². The molecule has 1 heterocycles. The quantitative estimate of drug-likeness (QED) is 0.884.